The topological polar surface area (TPSA) is 50.4 Å². The Balaban J connectivity index is 2.03. The highest BCUT2D eigenvalue weighted by Crippen LogP contribution is 2.22. The number of nitrogens with one attached hydrogen (secondary N) is 2. The van der Waals surface area contributed by atoms with Crippen LogP contribution in [0.25, 0.3) is 0 Å². The Morgan fingerprint density at radius 1 is 1.24 bits per heavy atom. The van der Waals surface area contributed by atoms with Gasteiger partial charge in [-0.25, -0.2) is 4.79 Å². The van der Waals surface area contributed by atoms with Gasteiger partial charge < -0.3 is 15.4 Å². The maximum atomic E-state index is 11.9. The van der Waals surface area contributed by atoms with E-state index in [2.05, 4.69) is 41.8 Å². The normalized spacial score (nSPS) is 11.5. The maximum absolute atomic E-state index is 11.9. The number of benzene rings is 2. The molecule has 0 heterocycles. The molecule has 25 heavy (non-hydrogen) atoms. The van der Waals surface area contributed by atoms with Crippen LogP contribution < -0.4 is 10.6 Å². The number of thiocarbonyl (C=S) groups is 1. The molecule has 0 aliphatic rings. The van der Waals surface area contributed by atoms with Gasteiger partial charge in [-0.05, 0) is 56.8 Å². The Morgan fingerprint density at radius 2 is 1.92 bits per heavy atom. The minimum Gasteiger partial charge on any atom is -0.462 e. The first-order valence-corrected chi connectivity index (χ1v) is 8.80. The second kappa shape index (κ2) is 8.83. The van der Waals surface area contributed by atoms with E-state index in [1.54, 1.807) is 25.1 Å². The van der Waals surface area contributed by atoms with E-state index in [-0.39, 0.29) is 6.04 Å². The first-order chi connectivity index (χ1) is 11.9. The highest BCUT2D eigenvalue weighted by Gasteiger charge is 2.13. The molecule has 0 saturated heterocycles. The molecule has 6 heteroatoms. The maximum Gasteiger partial charge on any atom is 0.339 e. The molecular weight excluding hydrogens is 356 g/mol. The van der Waals surface area contributed by atoms with E-state index >= 15 is 0 Å². The predicted octanol–water partition coefficient (Wildman–Crippen LogP) is 4.87. The van der Waals surface area contributed by atoms with Crippen LogP contribution in [0.3, 0.4) is 0 Å². The van der Waals surface area contributed by atoms with Gasteiger partial charge in [0.15, 0.2) is 5.11 Å². The fourth-order valence-corrected chi connectivity index (χ4v) is 2.76. The summed E-state index contributed by atoms with van der Waals surface area (Å²) >= 11 is 11.4. The van der Waals surface area contributed by atoms with Gasteiger partial charge in [0.1, 0.15) is 0 Å². The van der Waals surface area contributed by atoms with Crippen LogP contribution in [0.2, 0.25) is 5.02 Å². The van der Waals surface area contributed by atoms with Crippen molar-refractivity contribution in [2.24, 2.45) is 0 Å². The van der Waals surface area contributed by atoms with Crippen LogP contribution in [0.15, 0.2) is 42.5 Å². The number of anilines is 1. The van der Waals surface area contributed by atoms with Crippen LogP contribution in [0.4, 0.5) is 5.69 Å². The van der Waals surface area contributed by atoms with E-state index in [1.807, 2.05) is 6.92 Å². The lowest BCUT2D eigenvalue weighted by atomic mass is 10.1. The lowest BCUT2D eigenvalue weighted by Crippen LogP contribution is -2.31. The number of esters is 1. The minimum absolute atomic E-state index is 0.0532. The molecule has 0 spiro atoms. The molecule has 2 aromatic rings. The number of carbonyl (C=O) groups is 1. The van der Waals surface area contributed by atoms with Gasteiger partial charge in [0.25, 0.3) is 0 Å². The van der Waals surface area contributed by atoms with Gasteiger partial charge >= 0.3 is 5.97 Å². The van der Waals surface area contributed by atoms with Crippen LogP contribution in [0.5, 0.6) is 0 Å². The number of ether oxygens (including phenoxy) is 1. The molecule has 0 amide bonds. The molecule has 2 rings (SSSR count). The summed E-state index contributed by atoms with van der Waals surface area (Å²) in [5.41, 5.74) is 3.33. The molecule has 2 N–H and O–H groups in total. The number of hydrogen-bond acceptors (Lipinski definition) is 3. The third-order valence-corrected chi connectivity index (χ3v) is 4.19. The van der Waals surface area contributed by atoms with Crippen molar-refractivity contribution in [3.8, 4) is 0 Å². The average molecular weight is 377 g/mol. The fraction of sp³-hybridized carbons (Fsp3) is 0.263. The van der Waals surface area contributed by atoms with E-state index in [1.165, 1.54) is 5.56 Å². The van der Waals surface area contributed by atoms with E-state index in [9.17, 15) is 4.79 Å². The molecule has 0 bridgehead atoms. The van der Waals surface area contributed by atoms with Crippen molar-refractivity contribution in [1.82, 2.24) is 5.32 Å². The molecular formula is C19H21ClN2O2S. The number of rotatable bonds is 5. The number of hydrogen-bond donors (Lipinski definition) is 2. The molecule has 0 aliphatic carbocycles. The summed E-state index contributed by atoms with van der Waals surface area (Å²) in [6.45, 7) is 6.13. The smallest absolute Gasteiger partial charge is 0.339 e. The summed E-state index contributed by atoms with van der Waals surface area (Å²) in [5.74, 6) is -0.456. The number of carbonyl (C=O) groups excluding carboxylic acids is 1. The molecule has 0 radical (unpaired) electrons. The van der Waals surface area contributed by atoms with E-state index < -0.39 is 5.97 Å². The third kappa shape index (κ3) is 5.44. The predicted molar refractivity (Wildman–Crippen MR) is 106 cm³/mol. The Kier molecular flexibility index (Phi) is 6.79. The van der Waals surface area contributed by atoms with Crippen LogP contribution in [-0.4, -0.2) is 17.7 Å². The first-order valence-electron chi connectivity index (χ1n) is 8.01. The SMILES string of the molecule is CCOC(=O)c1cc(NC(=S)N[C@H](C)c2ccc(C)cc2)ccc1Cl. The van der Waals surface area contributed by atoms with E-state index in [0.29, 0.717) is 28.0 Å². The zero-order chi connectivity index (χ0) is 18.4. The van der Waals surface area contributed by atoms with Gasteiger partial charge in [-0.15, -0.1) is 0 Å². The summed E-state index contributed by atoms with van der Waals surface area (Å²) in [6, 6.07) is 13.3. The molecule has 1 atom stereocenters. The summed E-state index contributed by atoms with van der Waals surface area (Å²) < 4.78 is 5.00. The van der Waals surface area contributed by atoms with Gasteiger partial charge in [-0.3, -0.25) is 0 Å². The number of halogens is 1. The van der Waals surface area contributed by atoms with Crippen LogP contribution in [0.1, 0.15) is 41.4 Å². The highest BCUT2D eigenvalue weighted by atomic mass is 35.5. The monoisotopic (exact) mass is 376 g/mol. The van der Waals surface area contributed by atoms with Gasteiger partial charge in [0.2, 0.25) is 0 Å². The van der Waals surface area contributed by atoms with Crippen molar-refractivity contribution in [3.05, 3.63) is 64.2 Å². The molecule has 2 aromatic carbocycles. The van der Waals surface area contributed by atoms with Crippen molar-refractivity contribution >= 4 is 40.6 Å². The van der Waals surface area contributed by atoms with E-state index in [0.717, 1.165) is 5.56 Å². The van der Waals surface area contributed by atoms with E-state index in [4.69, 9.17) is 28.6 Å². The highest BCUT2D eigenvalue weighted by molar-refractivity contribution is 7.80. The Hall–Kier alpha value is -2.11. The summed E-state index contributed by atoms with van der Waals surface area (Å²) in [7, 11) is 0. The standard InChI is InChI=1S/C19H21ClN2O2S/c1-4-24-18(23)16-11-15(9-10-17(16)20)22-19(25)21-13(3)14-7-5-12(2)6-8-14/h5-11,13H,4H2,1-3H3,(H2,21,22,25)/t13-/m1/s1. The Bertz CT molecular complexity index is 763. The molecule has 0 fully saturated rings. The first kappa shape index (κ1) is 19.2. The third-order valence-electron chi connectivity index (χ3n) is 3.64. The van der Waals surface area contributed by atoms with Gasteiger partial charge in [-0.1, -0.05) is 41.4 Å². The van der Waals surface area contributed by atoms with Crippen LogP contribution in [-0.2, 0) is 4.74 Å². The quantitative estimate of drug-likeness (QED) is 0.575. The zero-order valence-electron chi connectivity index (χ0n) is 14.4. The molecule has 0 unspecified atom stereocenters. The molecule has 0 aliphatic heterocycles. The van der Waals surface area contributed by atoms with Crippen molar-refractivity contribution in [2.75, 3.05) is 11.9 Å². The second-order valence-electron chi connectivity index (χ2n) is 5.65. The summed E-state index contributed by atoms with van der Waals surface area (Å²) in [6.07, 6.45) is 0. The second-order valence-corrected chi connectivity index (χ2v) is 6.46. The van der Waals surface area contributed by atoms with Crippen molar-refractivity contribution in [2.45, 2.75) is 26.8 Å². The Labute approximate surface area is 158 Å². The molecule has 132 valence electrons. The minimum atomic E-state index is -0.456. The largest absolute Gasteiger partial charge is 0.462 e. The van der Waals surface area contributed by atoms with Crippen molar-refractivity contribution in [1.29, 1.82) is 0 Å². The van der Waals surface area contributed by atoms with Crippen LogP contribution in [0, 0.1) is 6.92 Å². The summed E-state index contributed by atoms with van der Waals surface area (Å²) in [5, 5.41) is 7.10. The lowest BCUT2D eigenvalue weighted by Gasteiger charge is -2.18. The fourth-order valence-electron chi connectivity index (χ4n) is 2.27. The van der Waals surface area contributed by atoms with Crippen molar-refractivity contribution < 1.29 is 9.53 Å². The van der Waals surface area contributed by atoms with Crippen LogP contribution >= 0.6 is 23.8 Å². The molecule has 0 saturated carbocycles. The zero-order valence-corrected chi connectivity index (χ0v) is 16.0. The number of aryl methyl sites for hydroxylation is 1. The van der Waals surface area contributed by atoms with Gasteiger partial charge in [0, 0.05) is 5.69 Å². The van der Waals surface area contributed by atoms with Crippen molar-refractivity contribution in [3.63, 3.8) is 0 Å². The lowest BCUT2D eigenvalue weighted by molar-refractivity contribution is 0.0526. The van der Waals surface area contributed by atoms with Gasteiger partial charge in [0.05, 0.1) is 23.2 Å². The average Bonchev–Trinajstić information content (AvgIpc) is 2.57. The Morgan fingerprint density at radius 3 is 2.56 bits per heavy atom. The van der Waals surface area contributed by atoms with Gasteiger partial charge in [-0.2, -0.15) is 0 Å². The molecule has 0 aromatic heterocycles. The summed E-state index contributed by atoms with van der Waals surface area (Å²) in [4.78, 5) is 11.9. The molecule has 4 nitrogen and oxygen atoms in total.